The van der Waals surface area contributed by atoms with Crippen molar-refractivity contribution in [1.29, 1.82) is 0 Å². The van der Waals surface area contributed by atoms with E-state index in [-0.39, 0.29) is 12.0 Å². The van der Waals surface area contributed by atoms with Crippen LogP contribution in [0.15, 0.2) is 41.3 Å². The second-order valence-electron chi connectivity index (χ2n) is 4.85. The van der Waals surface area contributed by atoms with Crippen molar-refractivity contribution in [3.63, 3.8) is 0 Å². The van der Waals surface area contributed by atoms with Crippen LogP contribution in [0.3, 0.4) is 0 Å². The second kappa shape index (κ2) is 4.83. The van der Waals surface area contributed by atoms with Gasteiger partial charge in [0.2, 0.25) is 6.29 Å². The molecule has 0 atom stereocenters. The first-order chi connectivity index (χ1) is 10.3. The number of hydrogen-bond donors (Lipinski definition) is 2. The maximum atomic E-state index is 11.4. The highest BCUT2D eigenvalue weighted by molar-refractivity contribution is 5.91. The summed E-state index contributed by atoms with van der Waals surface area (Å²) in [5, 5.41) is 0. The quantitative estimate of drug-likeness (QED) is 0.753. The van der Waals surface area contributed by atoms with Gasteiger partial charge in [-0.3, -0.25) is 4.98 Å². The average molecular weight is 283 g/mol. The fourth-order valence-corrected chi connectivity index (χ4v) is 2.53. The predicted molar refractivity (Wildman–Crippen MR) is 76.8 cm³/mol. The highest BCUT2D eigenvalue weighted by atomic mass is 16.7. The van der Waals surface area contributed by atoms with Crippen LogP contribution >= 0.6 is 0 Å². The first-order valence-electron chi connectivity index (χ1n) is 6.72. The van der Waals surface area contributed by atoms with Crippen LogP contribution in [0.5, 0.6) is 0 Å². The van der Waals surface area contributed by atoms with E-state index in [1.807, 2.05) is 30.3 Å². The molecule has 2 aromatic heterocycles. The number of benzene rings is 1. The molecule has 1 fully saturated rings. The van der Waals surface area contributed by atoms with Crippen LogP contribution in [0, 0.1) is 0 Å². The largest absolute Gasteiger partial charge is 0.345 e. The number of ether oxygens (including phenoxy) is 2. The molecule has 0 unspecified atom stereocenters. The van der Waals surface area contributed by atoms with Crippen molar-refractivity contribution in [3.8, 4) is 11.1 Å². The van der Waals surface area contributed by atoms with E-state index in [9.17, 15) is 4.79 Å². The third-order valence-corrected chi connectivity index (χ3v) is 3.51. The van der Waals surface area contributed by atoms with Gasteiger partial charge < -0.3 is 19.4 Å². The number of para-hydroxylation sites is 1. The average Bonchev–Trinajstić information content (AvgIpc) is 3.15. The van der Waals surface area contributed by atoms with Crippen LogP contribution in [0.4, 0.5) is 0 Å². The smallest absolute Gasteiger partial charge is 0.323 e. The summed E-state index contributed by atoms with van der Waals surface area (Å²) in [5.41, 5.74) is 3.96. The summed E-state index contributed by atoms with van der Waals surface area (Å²) >= 11 is 0. The molecule has 6 nitrogen and oxygen atoms in total. The van der Waals surface area contributed by atoms with E-state index < -0.39 is 0 Å². The summed E-state index contributed by atoms with van der Waals surface area (Å²) in [6.45, 7) is 1.19. The van der Waals surface area contributed by atoms with E-state index in [4.69, 9.17) is 9.47 Å². The van der Waals surface area contributed by atoms with Crippen LogP contribution in [-0.2, 0) is 9.47 Å². The van der Waals surface area contributed by atoms with Crippen molar-refractivity contribution in [3.05, 3.63) is 52.7 Å². The number of aromatic nitrogens is 3. The number of hydrogen-bond acceptors (Lipinski definition) is 4. The van der Waals surface area contributed by atoms with E-state index in [1.165, 1.54) is 0 Å². The Labute approximate surface area is 119 Å². The first kappa shape index (κ1) is 12.3. The van der Waals surface area contributed by atoms with E-state index in [0.29, 0.717) is 13.2 Å². The summed E-state index contributed by atoms with van der Waals surface area (Å²) in [6.07, 6.45) is 1.39. The number of pyridine rings is 1. The van der Waals surface area contributed by atoms with Crippen molar-refractivity contribution in [2.45, 2.75) is 6.29 Å². The zero-order valence-corrected chi connectivity index (χ0v) is 11.1. The maximum Gasteiger partial charge on any atom is 0.323 e. The van der Waals surface area contributed by atoms with Crippen LogP contribution in [0.2, 0.25) is 0 Å². The third-order valence-electron chi connectivity index (χ3n) is 3.51. The zero-order chi connectivity index (χ0) is 14.2. The molecule has 4 rings (SSSR count). The molecule has 0 spiro atoms. The maximum absolute atomic E-state index is 11.4. The van der Waals surface area contributed by atoms with Crippen molar-refractivity contribution in [2.75, 3.05) is 13.2 Å². The molecule has 1 aliphatic heterocycles. The monoisotopic (exact) mass is 283 g/mol. The number of aromatic amines is 2. The van der Waals surface area contributed by atoms with Crippen molar-refractivity contribution >= 4 is 11.0 Å². The summed E-state index contributed by atoms with van der Waals surface area (Å²) in [6, 6.07) is 9.55. The van der Waals surface area contributed by atoms with Gasteiger partial charge in [0.05, 0.1) is 29.9 Å². The minimum absolute atomic E-state index is 0.213. The standard InChI is InChI=1S/C15H13N3O3/c19-15-17-11-3-1-2-10(13(11)18-15)9-4-5-12(16-8-9)14-20-6-7-21-14/h1-5,8,14H,6-7H2,(H2,17,18,19). The lowest BCUT2D eigenvalue weighted by Crippen LogP contribution is -2.01. The number of H-pyrrole nitrogens is 2. The predicted octanol–water partition coefficient (Wildman–Crippen LogP) is 1.96. The van der Waals surface area contributed by atoms with Gasteiger partial charge in [0, 0.05) is 17.3 Å². The Bertz CT molecular complexity index is 829. The fourth-order valence-electron chi connectivity index (χ4n) is 2.53. The Balaban J connectivity index is 1.76. The molecule has 0 radical (unpaired) electrons. The molecule has 1 aromatic carbocycles. The first-order valence-corrected chi connectivity index (χ1v) is 6.72. The lowest BCUT2D eigenvalue weighted by atomic mass is 10.1. The fraction of sp³-hybridized carbons (Fsp3) is 0.200. The molecule has 3 heterocycles. The molecule has 1 aliphatic rings. The molecule has 3 aromatic rings. The summed E-state index contributed by atoms with van der Waals surface area (Å²) in [7, 11) is 0. The van der Waals surface area contributed by atoms with Gasteiger partial charge >= 0.3 is 5.69 Å². The van der Waals surface area contributed by atoms with Crippen molar-refractivity contribution in [1.82, 2.24) is 15.0 Å². The topological polar surface area (TPSA) is 80.0 Å². The van der Waals surface area contributed by atoms with Gasteiger partial charge in [-0.2, -0.15) is 0 Å². The van der Waals surface area contributed by atoms with E-state index in [1.54, 1.807) is 6.20 Å². The normalized spacial score (nSPS) is 15.8. The minimum Gasteiger partial charge on any atom is -0.345 e. The minimum atomic E-state index is -0.373. The number of imidazole rings is 1. The van der Waals surface area contributed by atoms with E-state index in [2.05, 4.69) is 15.0 Å². The summed E-state index contributed by atoms with van der Waals surface area (Å²) in [4.78, 5) is 21.4. The third kappa shape index (κ3) is 2.14. The highest BCUT2D eigenvalue weighted by Gasteiger charge is 2.19. The molecule has 0 aliphatic carbocycles. The molecule has 106 valence electrons. The Morgan fingerprint density at radius 1 is 1.10 bits per heavy atom. The Hall–Kier alpha value is -2.44. The van der Waals surface area contributed by atoms with Crippen LogP contribution in [0.1, 0.15) is 12.0 Å². The van der Waals surface area contributed by atoms with Crippen LogP contribution in [-0.4, -0.2) is 28.2 Å². The van der Waals surface area contributed by atoms with Gasteiger partial charge in [-0.05, 0) is 12.1 Å². The SMILES string of the molecule is O=c1[nH]c2cccc(-c3ccc(C4OCCO4)nc3)c2[nH]1. The molecule has 0 saturated carbocycles. The Morgan fingerprint density at radius 3 is 2.71 bits per heavy atom. The zero-order valence-electron chi connectivity index (χ0n) is 11.1. The molecule has 0 amide bonds. The lowest BCUT2D eigenvalue weighted by molar-refractivity contribution is -0.0472. The van der Waals surface area contributed by atoms with Gasteiger partial charge in [-0.1, -0.05) is 18.2 Å². The van der Waals surface area contributed by atoms with Gasteiger partial charge in [-0.15, -0.1) is 0 Å². The molecule has 0 bridgehead atoms. The Kier molecular flexibility index (Phi) is 2.83. The van der Waals surface area contributed by atoms with Crippen molar-refractivity contribution < 1.29 is 9.47 Å². The van der Waals surface area contributed by atoms with E-state index in [0.717, 1.165) is 27.9 Å². The molecule has 21 heavy (non-hydrogen) atoms. The number of nitrogens with zero attached hydrogens (tertiary/aromatic N) is 1. The van der Waals surface area contributed by atoms with Crippen molar-refractivity contribution in [2.24, 2.45) is 0 Å². The van der Waals surface area contributed by atoms with Gasteiger partial charge in [0.15, 0.2) is 0 Å². The summed E-state index contributed by atoms with van der Waals surface area (Å²) in [5.74, 6) is 0. The highest BCUT2D eigenvalue weighted by Crippen LogP contribution is 2.27. The van der Waals surface area contributed by atoms with E-state index >= 15 is 0 Å². The molecule has 6 heteroatoms. The number of nitrogens with one attached hydrogen (secondary N) is 2. The second-order valence-corrected chi connectivity index (χ2v) is 4.85. The number of rotatable bonds is 2. The molecular weight excluding hydrogens is 270 g/mol. The lowest BCUT2D eigenvalue weighted by Gasteiger charge is -2.09. The molecular formula is C15H13N3O3. The van der Waals surface area contributed by atoms with Crippen LogP contribution < -0.4 is 5.69 Å². The van der Waals surface area contributed by atoms with Crippen LogP contribution in [0.25, 0.3) is 22.2 Å². The van der Waals surface area contributed by atoms with Gasteiger partial charge in [0.1, 0.15) is 0 Å². The molecule has 2 N–H and O–H groups in total. The Morgan fingerprint density at radius 2 is 1.95 bits per heavy atom. The van der Waals surface area contributed by atoms with Gasteiger partial charge in [-0.25, -0.2) is 4.79 Å². The number of fused-ring (bicyclic) bond motifs is 1. The van der Waals surface area contributed by atoms with Gasteiger partial charge in [0.25, 0.3) is 0 Å². The molecule has 1 saturated heterocycles. The summed E-state index contributed by atoms with van der Waals surface area (Å²) < 4.78 is 10.8.